The summed E-state index contributed by atoms with van der Waals surface area (Å²) in [5.41, 5.74) is 2.72. The zero-order valence-corrected chi connectivity index (χ0v) is 17.6. The molecule has 0 atom stereocenters. The summed E-state index contributed by atoms with van der Waals surface area (Å²) in [6.45, 7) is 5.78. The second kappa shape index (κ2) is 10.3. The van der Waals surface area contributed by atoms with E-state index in [4.69, 9.17) is 9.47 Å². The quantitative estimate of drug-likeness (QED) is 0.555. The molecule has 0 radical (unpaired) electrons. The number of benzene rings is 3. The maximum atomic E-state index is 5.96. The van der Waals surface area contributed by atoms with Gasteiger partial charge in [-0.25, -0.2) is 0 Å². The number of hydrogen-bond donors (Lipinski definition) is 0. The van der Waals surface area contributed by atoms with Crippen LogP contribution in [0.3, 0.4) is 0 Å². The summed E-state index contributed by atoms with van der Waals surface area (Å²) in [4.78, 5) is 5.08. The number of methoxy groups -OCH3 is 1. The van der Waals surface area contributed by atoms with E-state index in [0.29, 0.717) is 12.6 Å². The Kier molecular flexibility index (Phi) is 7.01. The van der Waals surface area contributed by atoms with E-state index in [9.17, 15) is 0 Å². The summed E-state index contributed by atoms with van der Waals surface area (Å²) >= 11 is 0. The maximum absolute atomic E-state index is 5.96. The lowest BCUT2D eigenvalue weighted by molar-refractivity contribution is 0.0973. The van der Waals surface area contributed by atoms with Crippen LogP contribution in [0.1, 0.15) is 17.2 Å². The average Bonchev–Trinajstić information content (AvgIpc) is 2.82. The fraction of sp³-hybridized carbons (Fsp3) is 0.308. The molecule has 3 aromatic rings. The Morgan fingerprint density at radius 3 is 1.80 bits per heavy atom. The van der Waals surface area contributed by atoms with Crippen LogP contribution in [0.15, 0.2) is 84.9 Å². The van der Waals surface area contributed by atoms with Crippen LogP contribution in [0.4, 0.5) is 0 Å². The largest absolute Gasteiger partial charge is 0.493 e. The summed E-state index contributed by atoms with van der Waals surface area (Å²) in [5.74, 6) is 1.60. The van der Waals surface area contributed by atoms with Crippen LogP contribution in [0, 0.1) is 0 Å². The molecule has 0 aliphatic carbocycles. The van der Waals surface area contributed by atoms with Gasteiger partial charge in [0.1, 0.15) is 6.61 Å². The van der Waals surface area contributed by atoms with Crippen LogP contribution in [-0.2, 0) is 0 Å². The van der Waals surface area contributed by atoms with Crippen LogP contribution >= 0.6 is 0 Å². The third-order valence-electron chi connectivity index (χ3n) is 5.74. The molecule has 0 bridgehead atoms. The third-order valence-corrected chi connectivity index (χ3v) is 5.74. The lowest BCUT2D eigenvalue weighted by Crippen LogP contribution is -2.48. The summed E-state index contributed by atoms with van der Waals surface area (Å²) in [6.07, 6.45) is 0. The number of nitrogens with zero attached hydrogens (tertiary/aromatic N) is 2. The van der Waals surface area contributed by atoms with Crippen molar-refractivity contribution < 1.29 is 9.47 Å². The van der Waals surface area contributed by atoms with Gasteiger partial charge in [-0.2, -0.15) is 0 Å². The van der Waals surface area contributed by atoms with Crippen LogP contribution in [0.2, 0.25) is 0 Å². The van der Waals surface area contributed by atoms with E-state index in [0.717, 1.165) is 44.2 Å². The van der Waals surface area contributed by atoms with Gasteiger partial charge < -0.3 is 9.47 Å². The second-order valence-electron chi connectivity index (χ2n) is 7.60. The summed E-state index contributed by atoms with van der Waals surface area (Å²) in [7, 11) is 1.68. The number of piperazine rings is 1. The predicted molar refractivity (Wildman–Crippen MR) is 121 cm³/mol. The van der Waals surface area contributed by atoms with Gasteiger partial charge in [0, 0.05) is 32.7 Å². The van der Waals surface area contributed by atoms with Gasteiger partial charge in [0.05, 0.1) is 13.2 Å². The van der Waals surface area contributed by atoms with Gasteiger partial charge in [0.15, 0.2) is 11.5 Å². The molecule has 0 spiro atoms. The van der Waals surface area contributed by atoms with E-state index in [1.54, 1.807) is 7.11 Å². The normalized spacial score (nSPS) is 15.3. The van der Waals surface area contributed by atoms with Crippen molar-refractivity contribution in [3.63, 3.8) is 0 Å². The molecule has 0 saturated carbocycles. The SMILES string of the molecule is COc1ccccc1OCCN1CCN(C(c2ccccc2)c2ccccc2)CC1. The predicted octanol–water partition coefficient (Wildman–Crippen LogP) is 4.48. The molecule has 1 aliphatic rings. The Morgan fingerprint density at radius 2 is 1.23 bits per heavy atom. The minimum atomic E-state index is 0.305. The molecule has 4 nitrogen and oxygen atoms in total. The molecule has 30 heavy (non-hydrogen) atoms. The highest BCUT2D eigenvalue weighted by molar-refractivity contribution is 5.39. The van der Waals surface area contributed by atoms with Gasteiger partial charge in [-0.15, -0.1) is 0 Å². The Balaban J connectivity index is 1.34. The Morgan fingerprint density at radius 1 is 0.700 bits per heavy atom. The molecule has 0 N–H and O–H groups in total. The summed E-state index contributed by atoms with van der Waals surface area (Å²) < 4.78 is 11.3. The van der Waals surface area contributed by atoms with Crippen LogP contribution in [0.5, 0.6) is 11.5 Å². The van der Waals surface area contributed by atoms with E-state index >= 15 is 0 Å². The van der Waals surface area contributed by atoms with Crippen molar-refractivity contribution in [1.29, 1.82) is 0 Å². The Bertz CT molecular complexity index is 854. The van der Waals surface area contributed by atoms with Gasteiger partial charge in [0.25, 0.3) is 0 Å². The Labute approximate surface area is 179 Å². The minimum absolute atomic E-state index is 0.305. The molecular weight excluding hydrogens is 372 g/mol. The number of para-hydroxylation sites is 2. The van der Waals surface area contributed by atoms with E-state index in [2.05, 4.69) is 70.5 Å². The third kappa shape index (κ3) is 5.02. The van der Waals surface area contributed by atoms with E-state index in [1.165, 1.54) is 11.1 Å². The number of rotatable bonds is 8. The highest BCUT2D eigenvalue weighted by Gasteiger charge is 2.26. The highest BCUT2D eigenvalue weighted by atomic mass is 16.5. The zero-order chi connectivity index (χ0) is 20.6. The molecular formula is C26H30N2O2. The van der Waals surface area contributed by atoms with E-state index in [-0.39, 0.29) is 0 Å². The number of hydrogen-bond acceptors (Lipinski definition) is 4. The summed E-state index contributed by atoms with van der Waals surface area (Å²) in [5, 5.41) is 0. The first-order chi connectivity index (χ1) is 14.8. The van der Waals surface area contributed by atoms with Crippen molar-refractivity contribution >= 4 is 0 Å². The van der Waals surface area contributed by atoms with Gasteiger partial charge in [0.2, 0.25) is 0 Å². The van der Waals surface area contributed by atoms with Gasteiger partial charge in [-0.3, -0.25) is 9.80 Å². The van der Waals surface area contributed by atoms with Crippen LogP contribution in [-0.4, -0.2) is 56.2 Å². The first-order valence-corrected chi connectivity index (χ1v) is 10.7. The van der Waals surface area contributed by atoms with Crippen molar-refractivity contribution in [2.75, 3.05) is 46.4 Å². The molecule has 1 saturated heterocycles. The molecule has 156 valence electrons. The highest BCUT2D eigenvalue weighted by Crippen LogP contribution is 2.29. The van der Waals surface area contributed by atoms with Crippen molar-refractivity contribution in [1.82, 2.24) is 9.80 Å². The van der Waals surface area contributed by atoms with Crippen molar-refractivity contribution in [2.45, 2.75) is 6.04 Å². The molecule has 4 rings (SSSR count). The first-order valence-electron chi connectivity index (χ1n) is 10.7. The van der Waals surface area contributed by atoms with E-state index < -0.39 is 0 Å². The average molecular weight is 403 g/mol. The van der Waals surface area contributed by atoms with Crippen molar-refractivity contribution in [3.8, 4) is 11.5 Å². The topological polar surface area (TPSA) is 24.9 Å². The summed E-state index contributed by atoms with van der Waals surface area (Å²) in [6, 6.07) is 29.8. The van der Waals surface area contributed by atoms with Gasteiger partial charge in [-0.1, -0.05) is 72.8 Å². The number of ether oxygens (including phenoxy) is 2. The maximum Gasteiger partial charge on any atom is 0.161 e. The van der Waals surface area contributed by atoms with Gasteiger partial charge >= 0.3 is 0 Å². The monoisotopic (exact) mass is 402 g/mol. The van der Waals surface area contributed by atoms with Crippen molar-refractivity contribution in [3.05, 3.63) is 96.1 Å². The lowest BCUT2D eigenvalue weighted by Gasteiger charge is -2.39. The molecule has 3 aromatic carbocycles. The van der Waals surface area contributed by atoms with Crippen LogP contribution in [0.25, 0.3) is 0 Å². The lowest BCUT2D eigenvalue weighted by atomic mass is 9.96. The van der Waals surface area contributed by atoms with E-state index in [1.807, 2.05) is 24.3 Å². The molecule has 0 unspecified atom stereocenters. The zero-order valence-electron chi connectivity index (χ0n) is 17.6. The molecule has 1 heterocycles. The first kappa shape index (κ1) is 20.5. The minimum Gasteiger partial charge on any atom is -0.493 e. The standard InChI is InChI=1S/C26H30N2O2/c1-29-24-14-8-9-15-25(24)30-21-20-27-16-18-28(19-17-27)26(22-10-4-2-5-11-22)23-12-6-3-7-13-23/h2-15,26H,16-21H2,1H3. The molecule has 0 amide bonds. The fourth-order valence-electron chi connectivity index (χ4n) is 4.15. The van der Waals surface area contributed by atoms with Gasteiger partial charge in [-0.05, 0) is 23.3 Å². The molecule has 1 fully saturated rings. The van der Waals surface area contributed by atoms with Crippen LogP contribution < -0.4 is 9.47 Å². The smallest absolute Gasteiger partial charge is 0.161 e. The molecule has 0 aromatic heterocycles. The Hall–Kier alpha value is -2.82. The fourth-order valence-corrected chi connectivity index (χ4v) is 4.15. The molecule has 4 heteroatoms. The molecule has 1 aliphatic heterocycles. The van der Waals surface area contributed by atoms with Crippen molar-refractivity contribution in [2.24, 2.45) is 0 Å². The second-order valence-corrected chi connectivity index (χ2v) is 7.60.